The van der Waals surface area contributed by atoms with E-state index in [0.717, 1.165) is 0 Å². The first-order chi connectivity index (χ1) is 8.97. The lowest BCUT2D eigenvalue weighted by molar-refractivity contribution is 0.148. The van der Waals surface area contributed by atoms with Gasteiger partial charge in [0.25, 0.3) is 40.5 Å². The van der Waals surface area contributed by atoms with E-state index in [4.69, 9.17) is 18.2 Å². The average Bonchev–Trinajstić information content (AvgIpc) is 2.07. The second kappa shape index (κ2) is 6.38. The molecule has 0 aliphatic carbocycles. The Morgan fingerprint density at radius 2 is 0.762 bits per heavy atom. The summed E-state index contributed by atoms with van der Waals surface area (Å²) in [6.07, 6.45) is 0. The van der Waals surface area contributed by atoms with Gasteiger partial charge in [0, 0.05) is 0 Å². The number of ether oxygens (including phenoxy) is 1. The molecule has 0 fully saturated rings. The van der Waals surface area contributed by atoms with Crippen LogP contribution in [0, 0.1) is 0 Å². The lowest BCUT2D eigenvalue weighted by Crippen LogP contribution is -2.38. The van der Waals surface area contributed by atoms with Crippen LogP contribution in [0.2, 0.25) is 0 Å². The topological polar surface area (TPSA) is 227 Å². The summed E-state index contributed by atoms with van der Waals surface area (Å²) < 4.78 is 117. The van der Waals surface area contributed by atoms with Crippen molar-refractivity contribution in [2.24, 2.45) is 0 Å². The Kier molecular flexibility index (Phi) is 6.26. The Balaban J connectivity index is 5.19. The van der Waals surface area contributed by atoms with E-state index >= 15 is 0 Å². The van der Waals surface area contributed by atoms with Crippen LogP contribution in [-0.2, 0) is 45.2 Å². The summed E-state index contributed by atoms with van der Waals surface area (Å²) in [5.41, 5.74) is 0. The van der Waals surface area contributed by atoms with E-state index in [1.54, 1.807) is 0 Å². The second-order valence-corrected chi connectivity index (χ2v) is 10.4. The molecule has 0 spiro atoms. The minimum atomic E-state index is -5.38. The third-order valence-electron chi connectivity index (χ3n) is 1.84. The molecule has 0 atom stereocenters. The highest BCUT2D eigenvalue weighted by atomic mass is 32.3. The van der Waals surface area contributed by atoms with Crippen molar-refractivity contribution in [2.75, 3.05) is 13.2 Å². The molecule has 0 aliphatic heterocycles. The summed E-state index contributed by atoms with van der Waals surface area (Å²) in [5, 5.41) is 0. The Bertz CT molecular complexity index is 635. The van der Waals surface area contributed by atoms with Gasteiger partial charge in [-0.2, -0.15) is 33.7 Å². The van der Waals surface area contributed by atoms with E-state index in [-0.39, 0.29) is 0 Å². The predicted molar refractivity (Wildman–Crippen MR) is 64.6 cm³/mol. The lowest BCUT2D eigenvalue weighted by Gasteiger charge is -2.14. The molecule has 0 heterocycles. The van der Waals surface area contributed by atoms with E-state index in [0.29, 0.717) is 0 Å². The molecule has 128 valence electrons. The molecular weight excluding hydrogens is 384 g/mol. The maximum absolute atomic E-state index is 10.6. The molecule has 0 aromatic rings. The van der Waals surface area contributed by atoms with Gasteiger partial charge in [-0.3, -0.25) is 18.2 Å². The monoisotopic (exact) mass is 394 g/mol. The summed E-state index contributed by atoms with van der Waals surface area (Å²) in [6, 6.07) is 0. The van der Waals surface area contributed by atoms with Crippen LogP contribution in [-0.4, -0.2) is 74.3 Å². The summed E-state index contributed by atoms with van der Waals surface area (Å²) in [6.45, 7) is -3.14. The van der Waals surface area contributed by atoms with Crippen molar-refractivity contribution in [2.45, 2.75) is 9.16 Å². The van der Waals surface area contributed by atoms with Gasteiger partial charge in [-0.05, 0) is 0 Å². The molecule has 4 N–H and O–H groups in total. The lowest BCUT2D eigenvalue weighted by atomic mass is 10.8. The molecule has 0 saturated heterocycles. The predicted octanol–water partition coefficient (Wildman–Crippen LogP) is -2.79. The maximum atomic E-state index is 10.6. The molecule has 0 rings (SSSR count). The molecule has 0 unspecified atom stereocenters. The highest BCUT2D eigenvalue weighted by molar-refractivity contribution is 8.04. The SMILES string of the molecule is O=S(=O)(O)C(COCC(S(=O)(=O)O)S(=O)(=O)O)S(=O)(=O)O. The van der Waals surface area contributed by atoms with Gasteiger partial charge >= 0.3 is 0 Å². The van der Waals surface area contributed by atoms with E-state index < -0.39 is 62.9 Å². The van der Waals surface area contributed by atoms with E-state index in [9.17, 15) is 33.7 Å². The van der Waals surface area contributed by atoms with Crippen LogP contribution >= 0.6 is 0 Å². The third kappa shape index (κ3) is 6.93. The van der Waals surface area contributed by atoms with Crippen LogP contribution in [0.5, 0.6) is 0 Å². The fraction of sp³-hybridized carbons (Fsp3) is 1.00. The molecular formula is C4H10O13S4. The van der Waals surface area contributed by atoms with Crippen molar-refractivity contribution < 1.29 is 56.6 Å². The third-order valence-corrected chi connectivity index (χ3v) is 7.96. The maximum Gasteiger partial charge on any atom is 0.287 e. The molecule has 0 aliphatic rings. The molecule has 0 aromatic heterocycles. The standard InChI is InChI=1S/C4H10O13S4/c5-18(6,7)3(19(8,9)10)1-17-2-4(20(11,12)13)21(14,15)16/h3-4H,1-2H2,(H,5,6,7)(H,8,9,10)(H,11,12,13)(H,14,15,16). The van der Waals surface area contributed by atoms with Crippen molar-refractivity contribution in [3.63, 3.8) is 0 Å². The fourth-order valence-electron chi connectivity index (χ4n) is 0.912. The fourth-order valence-corrected chi connectivity index (χ4v) is 4.44. The Hall–Kier alpha value is -0.400. The first-order valence-electron chi connectivity index (χ1n) is 4.40. The average molecular weight is 394 g/mol. The van der Waals surface area contributed by atoms with Crippen LogP contribution in [0.15, 0.2) is 0 Å². The number of rotatable bonds is 8. The molecule has 0 bridgehead atoms. The summed E-state index contributed by atoms with van der Waals surface area (Å²) >= 11 is 0. The Morgan fingerprint density at radius 3 is 0.905 bits per heavy atom. The molecule has 17 heteroatoms. The summed E-state index contributed by atoms with van der Waals surface area (Å²) in [4.78, 5) is 0. The normalized spacial score (nSPS) is 14.8. The second-order valence-electron chi connectivity index (χ2n) is 3.46. The van der Waals surface area contributed by atoms with Gasteiger partial charge < -0.3 is 4.74 Å². The zero-order chi connectivity index (χ0) is 17.3. The van der Waals surface area contributed by atoms with E-state index in [1.807, 2.05) is 0 Å². The van der Waals surface area contributed by atoms with Gasteiger partial charge in [-0.1, -0.05) is 0 Å². The highest BCUT2D eigenvalue weighted by Gasteiger charge is 2.39. The molecule has 0 radical (unpaired) electrons. The van der Waals surface area contributed by atoms with Crippen molar-refractivity contribution in [1.82, 2.24) is 0 Å². The van der Waals surface area contributed by atoms with Gasteiger partial charge in [0.2, 0.25) is 9.16 Å². The largest absolute Gasteiger partial charge is 0.376 e. The van der Waals surface area contributed by atoms with Gasteiger partial charge in [0.05, 0.1) is 13.2 Å². The smallest absolute Gasteiger partial charge is 0.287 e. The molecule has 21 heavy (non-hydrogen) atoms. The van der Waals surface area contributed by atoms with E-state index in [1.165, 1.54) is 0 Å². The van der Waals surface area contributed by atoms with Crippen LogP contribution in [0.25, 0.3) is 0 Å². The van der Waals surface area contributed by atoms with Crippen LogP contribution in [0.4, 0.5) is 0 Å². The van der Waals surface area contributed by atoms with E-state index in [2.05, 4.69) is 4.74 Å². The first kappa shape index (κ1) is 20.6. The quantitative estimate of drug-likeness (QED) is 0.305. The molecule has 13 nitrogen and oxygen atoms in total. The summed E-state index contributed by atoms with van der Waals surface area (Å²) in [5.74, 6) is 0. The van der Waals surface area contributed by atoms with Gasteiger partial charge in [0.15, 0.2) is 0 Å². The van der Waals surface area contributed by atoms with Crippen LogP contribution < -0.4 is 0 Å². The van der Waals surface area contributed by atoms with Gasteiger partial charge in [0.1, 0.15) is 0 Å². The van der Waals surface area contributed by atoms with Crippen LogP contribution in [0.1, 0.15) is 0 Å². The number of hydrogen-bond acceptors (Lipinski definition) is 9. The zero-order valence-corrected chi connectivity index (χ0v) is 12.9. The molecule has 0 saturated carbocycles. The molecule has 0 amide bonds. The van der Waals surface area contributed by atoms with Crippen molar-refractivity contribution in [1.29, 1.82) is 0 Å². The zero-order valence-electron chi connectivity index (χ0n) is 9.66. The first-order valence-corrected chi connectivity index (χ1v) is 10.4. The Morgan fingerprint density at radius 1 is 0.571 bits per heavy atom. The minimum absolute atomic E-state index is 1.57. The van der Waals surface area contributed by atoms with Crippen LogP contribution in [0.3, 0.4) is 0 Å². The minimum Gasteiger partial charge on any atom is -0.376 e. The highest BCUT2D eigenvalue weighted by Crippen LogP contribution is 2.11. The van der Waals surface area contributed by atoms with Gasteiger partial charge in [-0.15, -0.1) is 0 Å². The molecule has 0 aromatic carbocycles. The summed E-state index contributed by atoms with van der Waals surface area (Å²) in [7, 11) is -21.5. The van der Waals surface area contributed by atoms with Gasteiger partial charge in [-0.25, -0.2) is 0 Å². The number of hydrogen-bond donors (Lipinski definition) is 4. The van der Waals surface area contributed by atoms with Crippen molar-refractivity contribution in [3.05, 3.63) is 0 Å². The van der Waals surface area contributed by atoms with Crippen molar-refractivity contribution in [3.8, 4) is 0 Å². The van der Waals surface area contributed by atoms with Crippen molar-refractivity contribution >= 4 is 40.5 Å². The Labute approximate surface area is 119 Å².